The van der Waals surface area contributed by atoms with Crippen LogP contribution < -0.4 is 5.32 Å². The minimum atomic E-state index is 0.233. The van der Waals surface area contributed by atoms with Crippen LogP contribution in [0.25, 0.3) is 0 Å². The molecule has 0 radical (unpaired) electrons. The Labute approximate surface area is 102 Å². The monoisotopic (exact) mass is 239 g/mol. The van der Waals surface area contributed by atoms with Gasteiger partial charge in [0.15, 0.2) is 0 Å². The maximum absolute atomic E-state index is 4.38. The van der Waals surface area contributed by atoms with Crippen molar-refractivity contribution in [2.45, 2.75) is 45.3 Å². The second-order valence-corrected chi connectivity index (χ2v) is 6.08. The molecule has 1 aromatic heterocycles. The van der Waals surface area contributed by atoms with Gasteiger partial charge >= 0.3 is 0 Å². The van der Waals surface area contributed by atoms with Gasteiger partial charge in [0.1, 0.15) is 5.01 Å². The molecule has 1 saturated heterocycles. The Hall–Kier alpha value is -0.450. The SMILES string of the molecule is CCC1CN(Cc2nccs2)C(C)(C)CN1. The molecule has 4 heteroatoms. The van der Waals surface area contributed by atoms with Crippen molar-refractivity contribution in [2.75, 3.05) is 13.1 Å². The summed E-state index contributed by atoms with van der Waals surface area (Å²) in [6.45, 7) is 10.0. The van der Waals surface area contributed by atoms with E-state index in [4.69, 9.17) is 0 Å². The Morgan fingerprint density at radius 2 is 2.44 bits per heavy atom. The van der Waals surface area contributed by atoms with E-state index in [1.807, 2.05) is 6.20 Å². The lowest BCUT2D eigenvalue weighted by Gasteiger charge is -2.45. The molecule has 0 spiro atoms. The van der Waals surface area contributed by atoms with E-state index in [0.29, 0.717) is 6.04 Å². The highest BCUT2D eigenvalue weighted by Gasteiger charge is 2.33. The molecule has 0 amide bonds. The average Bonchev–Trinajstić information content (AvgIpc) is 2.74. The highest BCUT2D eigenvalue weighted by atomic mass is 32.1. The third-order valence-electron chi connectivity index (χ3n) is 3.42. The molecule has 1 aromatic rings. The van der Waals surface area contributed by atoms with Gasteiger partial charge in [-0.05, 0) is 20.3 Å². The van der Waals surface area contributed by atoms with Crippen molar-refractivity contribution < 1.29 is 0 Å². The number of piperazine rings is 1. The molecular weight excluding hydrogens is 218 g/mol. The number of hydrogen-bond donors (Lipinski definition) is 1. The van der Waals surface area contributed by atoms with E-state index < -0.39 is 0 Å². The number of rotatable bonds is 3. The van der Waals surface area contributed by atoms with Crippen molar-refractivity contribution in [1.82, 2.24) is 15.2 Å². The maximum atomic E-state index is 4.38. The topological polar surface area (TPSA) is 28.2 Å². The summed E-state index contributed by atoms with van der Waals surface area (Å²) < 4.78 is 0. The van der Waals surface area contributed by atoms with Crippen molar-refractivity contribution in [3.05, 3.63) is 16.6 Å². The summed E-state index contributed by atoms with van der Waals surface area (Å²) in [4.78, 5) is 6.94. The van der Waals surface area contributed by atoms with E-state index >= 15 is 0 Å². The smallest absolute Gasteiger partial charge is 0.107 e. The van der Waals surface area contributed by atoms with Gasteiger partial charge in [-0.15, -0.1) is 11.3 Å². The Bertz CT molecular complexity index is 321. The first-order chi connectivity index (χ1) is 7.62. The minimum Gasteiger partial charge on any atom is -0.311 e. The molecule has 0 aromatic carbocycles. The summed E-state index contributed by atoms with van der Waals surface area (Å²) in [6, 6.07) is 0.632. The molecule has 1 aliphatic heterocycles. The summed E-state index contributed by atoms with van der Waals surface area (Å²) >= 11 is 1.75. The largest absolute Gasteiger partial charge is 0.311 e. The van der Waals surface area contributed by atoms with Crippen LogP contribution in [-0.2, 0) is 6.54 Å². The summed E-state index contributed by atoms with van der Waals surface area (Å²) in [6.07, 6.45) is 3.09. The third kappa shape index (κ3) is 2.62. The van der Waals surface area contributed by atoms with Gasteiger partial charge in [-0.1, -0.05) is 6.92 Å². The molecule has 1 atom stereocenters. The second-order valence-electron chi connectivity index (χ2n) is 5.10. The van der Waals surface area contributed by atoms with Gasteiger partial charge in [0.25, 0.3) is 0 Å². The van der Waals surface area contributed by atoms with Gasteiger partial charge < -0.3 is 5.32 Å². The van der Waals surface area contributed by atoms with Crippen molar-refractivity contribution >= 4 is 11.3 Å². The van der Waals surface area contributed by atoms with Crippen molar-refractivity contribution in [3.63, 3.8) is 0 Å². The standard InChI is InChI=1S/C12H21N3S/c1-4-10-7-15(12(2,3)9-14-10)8-11-13-5-6-16-11/h5-6,10,14H,4,7-9H2,1-3H3. The number of hydrogen-bond acceptors (Lipinski definition) is 4. The Morgan fingerprint density at radius 3 is 3.06 bits per heavy atom. The fourth-order valence-corrected chi connectivity index (χ4v) is 2.76. The predicted molar refractivity (Wildman–Crippen MR) is 68.7 cm³/mol. The Morgan fingerprint density at radius 1 is 1.62 bits per heavy atom. The first-order valence-electron chi connectivity index (χ1n) is 5.98. The van der Waals surface area contributed by atoms with Crippen molar-refractivity contribution in [2.24, 2.45) is 0 Å². The van der Waals surface area contributed by atoms with Crippen LogP contribution in [-0.4, -0.2) is 34.6 Å². The summed E-state index contributed by atoms with van der Waals surface area (Å²) in [5, 5.41) is 6.89. The van der Waals surface area contributed by atoms with Gasteiger partial charge in [0.2, 0.25) is 0 Å². The molecule has 2 rings (SSSR count). The summed E-state index contributed by atoms with van der Waals surface area (Å²) in [7, 11) is 0. The Kier molecular flexibility index (Phi) is 3.62. The molecule has 1 N–H and O–H groups in total. The van der Waals surface area contributed by atoms with Crippen molar-refractivity contribution in [1.29, 1.82) is 0 Å². The van der Waals surface area contributed by atoms with Crippen LogP contribution in [0.3, 0.4) is 0 Å². The molecule has 0 aliphatic carbocycles. The van der Waals surface area contributed by atoms with Crippen LogP contribution in [0.1, 0.15) is 32.2 Å². The number of nitrogens with one attached hydrogen (secondary N) is 1. The normalized spacial score (nSPS) is 25.8. The van der Waals surface area contributed by atoms with E-state index in [9.17, 15) is 0 Å². The predicted octanol–water partition coefficient (Wildman–Crippen LogP) is 2.11. The third-order valence-corrected chi connectivity index (χ3v) is 4.19. The average molecular weight is 239 g/mol. The molecule has 1 unspecified atom stereocenters. The lowest BCUT2D eigenvalue weighted by molar-refractivity contribution is 0.0576. The molecule has 1 fully saturated rings. The van der Waals surface area contributed by atoms with Crippen LogP contribution in [0.5, 0.6) is 0 Å². The van der Waals surface area contributed by atoms with Crippen LogP contribution in [0, 0.1) is 0 Å². The Balaban J connectivity index is 2.04. The molecule has 2 heterocycles. The van der Waals surface area contributed by atoms with E-state index in [1.54, 1.807) is 11.3 Å². The van der Waals surface area contributed by atoms with Crippen LogP contribution >= 0.6 is 11.3 Å². The zero-order valence-corrected chi connectivity index (χ0v) is 11.2. The molecule has 3 nitrogen and oxygen atoms in total. The van der Waals surface area contributed by atoms with Gasteiger partial charge in [-0.25, -0.2) is 4.98 Å². The molecule has 0 bridgehead atoms. The molecule has 1 aliphatic rings. The number of aromatic nitrogens is 1. The van der Waals surface area contributed by atoms with Gasteiger partial charge in [-0.2, -0.15) is 0 Å². The fourth-order valence-electron chi connectivity index (χ4n) is 2.13. The fraction of sp³-hybridized carbons (Fsp3) is 0.750. The zero-order valence-electron chi connectivity index (χ0n) is 10.4. The van der Waals surface area contributed by atoms with Crippen LogP contribution in [0.2, 0.25) is 0 Å². The lowest BCUT2D eigenvalue weighted by atomic mass is 9.96. The van der Waals surface area contributed by atoms with Gasteiger partial charge in [0, 0.05) is 36.2 Å². The lowest BCUT2D eigenvalue weighted by Crippen LogP contribution is -2.61. The molecule has 0 saturated carbocycles. The van der Waals surface area contributed by atoms with E-state index in [0.717, 1.165) is 19.6 Å². The molecule has 16 heavy (non-hydrogen) atoms. The maximum Gasteiger partial charge on any atom is 0.107 e. The van der Waals surface area contributed by atoms with E-state index in [2.05, 4.69) is 41.4 Å². The van der Waals surface area contributed by atoms with Gasteiger partial charge in [0.05, 0.1) is 6.54 Å². The van der Waals surface area contributed by atoms with E-state index in [-0.39, 0.29) is 5.54 Å². The first kappa shape index (κ1) is 12.0. The minimum absolute atomic E-state index is 0.233. The number of nitrogens with zero attached hydrogens (tertiary/aromatic N) is 2. The highest BCUT2D eigenvalue weighted by Crippen LogP contribution is 2.22. The first-order valence-corrected chi connectivity index (χ1v) is 6.86. The number of thiazole rings is 1. The van der Waals surface area contributed by atoms with Crippen LogP contribution in [0.15, 0.2) is 11.6 Å². The van der Waals surface area contributed by atoms with Crippen molar-refractivity contribution in [3.8, 4) is 0 Å². The highest BCUT2D eigenvalue weighted by molar-refractivity contribution is 7.09. The second kappa shape index (κ2) is 4.82. The zero-order chi connectivity index (χ0) is 11.6. The summed E-state index contributed by atoms with van der Waals surface area (Å²) in [5.41, 5.74) is 0.233. The quantitative estimate of drug-likeness (QED) is 0.875. The molecular formula is C12H21N3S. The van der Waals surface area contributed by atoms with E-state index in [1.165, 1.54) is 11.4 Å². The molecule has 90 valence electrons. The van der Waals surface area contributed by atoms with Gasteiger partial charge in [-0.3, -0.25) is 4.90 Å². The van der Waals surface area contributed by atoms with Crippen LogP contribution in [0.4, 0.5) is 0 Å². The summed E-state index contributed by atoms with van der Waals surface area (Å²) in [5.74, 6) is 0.